The van der Waals surface area contributed by atoms with Gasteiger partial charge in [-0.25, -0.2) is 4.70 Å². The maximum absolute atomic E-state index is 11.5. The summed E-state index contributed by atoms with van der Waals surface area (Å²) in [4.78, 5) is 0. The predicted molar refractivity (Wildman–Crippen MR) is 200 cm³/mol. The van der Waals surface area contributed by atoms with E-state index in [4.69, 9.17) is 0 Å². The van der Waals surface area contributed by atoms with Crippen LogP contribution in [-0.2, 0) is 20.9 Å². The molecular weight excluding hydrogens is 615 g/mol. The Balaban J connectivity index is 0.000000277. The summed E-state index contributed by atoms with van der Waals surface area (Å²) in [5.41, 5.74) is 23.4. The molecule has 4 aromatic rings. The number of hydrogen-bond acceptors (Lipinski definition) is 0. The van der Waals surface area contributed by atoms with Crippen molar-refractivity contribution in [2.24, 2.45) is 0 Å². The zero-order valence-corrected chi connectivity index (χ0v) is 30.2. The summed E-state index contributed by atoms with van der Waals surface area (Å²) in [7, 11) is 0. The van der Waals surface area contributed by atoms with Crippen LogP contribution in [0.4, 0.5) is 0 Å². The molecule has 0 fully saturated rings. The van der Waals surface area contributed by atoms with Crippen molar-refractivity contribution in [3.63, 3.8) is 0 Å². The third-order valence-corrected chi connectivity index (χ3v) is 9.68. The Hall–Kier alpha value is -3.81. The van der Waals surface area contributed by atoms with Crippen molar-refractivity contribution >= 4 is 26.5 Å². The van der Waals surface area contributed by atoms with Crippen molar-refractivity contribution in [2.75, 3.05) is 0 Å². The molecule has 0 amide bonds. The Bertz CT molecular complexity index is 1630. The Morgan fingerprint density at radius 1 is 0.596 bits per heavy atom. The molecule has 3 heteroatoms. The second kappa shape index (κ2) is 18.5. The number of unbranched alkanes of at least 4 members (excludes halogenated alkanes) is 2. The molecule has 2 nitrogen and oxygen atoms in total. The van der Waals surface area contributed by atoms with E-state index in [-0.39, 0.29) is 0 Å². The predicted octanol–water partition coefficient (Wildman–Crippen LogP) is 11.6. The van der Waals surface area contributed by atoms with E-state index >= 15 is 0 Å². The van der Waals surface area contributed by atoms with Crippen molar-refractivity contribution in [1.82, 2.24) is 0 Å². The number of rotatable bonds is 13. The van der Waals surface area contributed by atoms with Crippen LogP contribution in [0.3, 0.4) is 0 Å². The Kier molecular flexibility index (Phi) is 14.2. The first-order valence-electron chi connectivity index (χ1n) is 17.4. The Morgan fingerprint density at radius 3 is 1.45 bits per heavy atom. The van der Waals surface area contributed by atoms with Crippen LogP contribution in [0.2, 0.25) is 0 Å². The van der Waals surface area contributed by atoms with Crippen LogP contribution in [0, 0.1) is 13.8 Å². The molecule has 0 aliphatic carbocycles. The molecule has 1 aliphatic rings. The number of allylic oxidation sites excluding steroid dienone is 3. The third kappa shape index (κ3) is 10.1. The topological polar surface area (TPSA) is 25.3 Å². The van der Waals surface area contributed by atoms with Gasteiger partial charge in [-0.2, -0.15) is 0 Å². The molecule has 248 valence electrons. The first-order chi connectivity index (χ1) is 22.9. The first-order valence-corrected chi connectivity index (χ1v) is 18.4. The molecular formula is C44H52N2Ni. The van der Waals surface area contributed by atoms with Crippen LogP contribution in [0.15, 0.2) is 114 Å². The van der Waals surface area contributed by atoms with Crippen molar-refractivity contribution in [3.8, 4) is 0 Å². The molecule has 1 heterocycles. The van der Waals surface area contributed by atoms with Crippen LogP contribution in [0.25, 0.3) is 23.0 Å². The monoisotopic (exact) mass is 666 g/mol. The summed E-state index contributed by atoms with van der Waals surface area (Å²) in [6.45, 7) is 13.0. The zero-order chi connectivity index (χ0) is 33.6. The summed E-state index contributed by atoms with van der Waals surface area (Å²) >= 11 is 1.61. The number of aryl methyl sites for hydroxylation is 3. The van der Waals surface area contributed by atoms with E-state index in [9.17, 15) is 5.53 Å². The molecule has 47 heavy (non-hydrogen) atoms. The summed E-state index contributed by atoms with van der Waals surface area (Å²) in [5.74, 6) is 0. The fraction of sp³-hybridized carbons (Fsp3) is 0.318. The quantitative estimate of drug-likeness (QED) is 0.100. The molecule has 0 unspecified atom stereocenters. The molecule has 4 aromatic carbocycles. The minimum atomic E-state index is 0.963. The van der Waals surface area contributed by atoms with Crippen molar-refractivity contribution in [2.45, 2.75) is 92.9 Å². The molecule has 0 N–H and O–H groups in total. The van der Waals surface area contributed by atoms with Crippen molar-refractivity contribution in [1.29, 1.82) is 0 Å². The normalized spacial score (nSPS) is 13.1. The zero-order valence-electron chi connectivity index (χ0n) is 29.3. The third-order valence-electron chi connectivity index (χ3n) is 8.45. The average molecular weight is 668 g/mol. The van der Waals surface area contributed by atoms with E-state index in [2.05, 4.69) is 151 Å². The molecule has 0 bridgehead atoms. The summed E-state index contributed by atoms with van der Waals surface area (Å²) in [5, 5.41) is 0. The molecule has 5 rings (SSSR count). The van der Waals surface area contributed by atoms with Gasteiger partial charge in [-0.3, -0.25) is 0 Å². The molecule has 0 aromatic heterocycles. The number of hydrogen-bond donors (Lipinski definition) is 0. The van der Waals surface area contributed by atoms with Gasteiger partial charge in [-0.1, -0.05) is 77.0 Å². The van der Waals surface area contributed by atoms with Crippen LogP contribution >= 0.6 is 0 Å². The van der Waals surface area contributed by atoms with Crippen LogP contribution in [0.5, 0.6) is 0 Å². The van der Waals surface area contributed by atoms with Gasteiger partial charge in [-0.05, 0) is 73.9 Å². The van der Waals surface area contributed by atoms with Crippen LogP contribution < -0.4 is 9.07 Å². The van der Waals surface area contributed by atoms with E-state index in [0.717, 1.165) is 73.9 Å². The average Bonchev–Trinajstić information content (AvgIpc) is 3.38. The molecule has 0 saturated carbocycles. The summed E-state index contributed by atoms with van der Waals surface area (Å²) in [6, 6.07) is 34.6. The van der Waals surface area contributed by atoms with Gasteiger partial charge in [-0.15, -0.1) is 0 Å². The molecule has 0 atom stereocenters. The molecule has 0 spiro atoms. The van der Waals surface area contributed by atoms with Gasteiger partial charge in [0.1, 0.15) is 0 Å². The number of nitrogens with zero attached hydrogens (tertiary/aromatic N) is 2. The van der Waals surface area contributed by atoms with E-state index < -0.39 is 0 Å². The summed E-state index contributed by atoms with van der Waals surface area (Å²) < 4.78 is 4.11. The summed E-state index contributed by atoms with van der Waals surface area (Å²) in [6.07, 6.45) is 12.9. The van der Waals surface area contributed by atoms with Crippen molar-refractivity contribution < 1.29 is 19.1 Å². The van der Waals surface area contributed by atoms with Gasteiger partial charge in [0, 0.05) is 22.3 Å². The molecule has 0 saturated heterocycles. The van der Waals surface area contributed by atoms with Gasteiger partial charge in [0.15, 0.2) is 0 Å². The SMILES string of the molecule is CCC=Cc1ccc(C2=C(CCCC)C(CCCC)=C(c3ccc(CC)cc3)[N+]2=[N-])cc1.Cc1cc[c]([Ni][c]2ccc(C)cc2)cc1. The van der Waals surface area contributed by atoms with Gasteiger partial charge in [0.2, 0.25) is 11.4 Å². The van der Waals surface area contributed by atoms with Crippen LogP contribution in [-0.4, -0.2) is 4.70 Å². The van der Waals surface area contributed by atoms with Gasteiger partial charge in [0.25, 0.3) is 0 Å². The first kappa shape index (κ1) is 36.0. The number of benzene rings is 4. The Morgan fingerprint density at radius 2 is 1.04 bits per heavy atom. The van der Waals surface area contributed by atoms with Gasteiger partial charge >= 0.3 is 97.0 Å². The van der Waals surface area contributed by atoms with Gasteiger partial charge < -0.3 is 5.53 Å². The van der Waals surface area contributed by atoms with E-state index in [0.29, 0.717) is 0 Å². The van der Waals surface area contributed by atoms with E-state index in [1.165, 1.54) is 47.2 Å². The van der Waals surface area contributed by atoms with E-state index in [1.54, 1.807) is 14.4 Å². The van der Waals surface area contributed by atoms with Crippen molar-refractivity contribution in [3.05, 3.63) is 153 Å². The second-order valence-electron chi connectivity index (χ2n) is 12.3. The minimum absolute atomic E-state index is 0.963. The fourth-order valence-electron chi connectivity index (χ4n) is 5.65. The van der Waals surface area contributed by atoms with Gasteiger partial charge in [0.05, 0.1) is 0 Å². The second-order valence-corrected chi connectivity index (χ2v) is 13.6. The van der Waals surface area contributed by atoms with Crippen LogP contribution in [0.1, 0.15) is 106 Å². The molecule has 1 aliphatic heterocycles. The molecule has 0 radical (unpaired) electrons. The van der Waals surface area contributed by atoms with E-state index in [1.807, 2.05) is 0 Å². The fourth-order valence-corrected chi connectivity index (χ4v) is 6.64. The maximum atomic E-state index is 11.5. The Labute approximate surface area is 290 Å². The standard InChI is InChI=1S/C30H38N2.2C7H7.Ni/c1-5-9-12-24-17-21-26(22-18-24)30-28(14-11-7-3)27(13-10-6-2)29(32(30)31)25-19-15-23(8-4)16-20-25;2*1-7-5-3-2-4-6-7;/h9,12,15-22H,5-8,10-11,13-14H2,1-4H3;2*3-6H,1H3;.